The summed E-state index contributed by atoms with van der Waals surface area (Å²) in [5, 5.41) is 4.97. The highest BCUT2D eigenvalue weighted by atomic mass is 32.1. The van der Waals surface area contributed by atoms with E-state index in [9.17, 15) is 4.79 Å². The number of amides is 1. The molecule has 4 rings (SSSR count). The molecule has 1 atom stereocenters. The summed E-state index contributed by atoms with van der Waals surface area (Å²) in [5.74, 6) is 0.963. The van der Waals surface area contributed by atoms with Gasteiger partial charge < -0.3 is 10.1 Å². The standard InChI is InChI=1S/C20H17NO2S/c22-19-12-16(20-17(21-19)10-11-24-20)15-8-4-5-9-18(15)23-13-14-6-2-1-3-7-14/h1-11,16H,12-13H2,(H,21,22)/t16-/m0/s1. The third kappa shape index (κ3) is 2.93. The Labute approximate surface area is 144 Å². The van der Waals surface area contributed by atoms with E-state index in [1.807, 2.05) is 60.0 Å². The highest BCUT2D eigenvalue weighted by Gasteiger charge is 2.29. The Bertz CT molecular complexity index is 857. The van der Waals surface area contributed by atoms with E-state index in [0.717, 1.165) is 22.6 Å². The molecule has 1 aliphatic rings. The van der Waals surface area contributed by atoms with Crippen molar-refractivity contribution in [2.75, 3.05) is 5.32 Å². The van der Waals surface area contributed by atoms with Gasteiger partial charge in [-0.2, -0.15) is 0 Å². The molecular weight excluding hydrogens is 318 g/mol. The zero-order valence-electron chi connectivity index (χ0n) is 13.1. The van der Waals surface area contributed by atoms with Gasteiger partial charge in [0.05, 0.1) is 5.69 Å². The zero-order chi connectivity index (χ0) is 16.4. The molecule has 0 radical (unpaired) electrons. The molecule has 3 nitrogen and oxygen atoms in total. The van der Waals surface area contributed by atoms with E-state index in [2.05, 4.69) is 11.4 Å². The molecular formula is C20H17NO2S. The fourth-order valence-corrected chi connectivity index (χ4v) is 4.03. The van der Waals surface area contributed by atoms with Crippen LogP contribution in [0.3, 0.4) is 0 Å². The van der Waals surface area contributed by atoms with Gasteiger partial charge in [0, 0.05) is 22.8 Å². The molecule has 4 heteroatoms. The minimum absolute atomic E-state index is 0.0562. The number of anilines is 1. The molecule has 1 aliphatic heterocycles. The Morgan fingerprint density at radius 3 is 2.71 bits per heavy atom. The number of carbonyl (C=O) groups is 1. The maximum Gasteiger partial charge on any atom is 0.225 e. The molecule has 0 saturated heterocycles. The van der Waals surface area contributed by atoms with Crippen LogP contribution in [0.2, 0.25) is 0 Å². The van der Waals surface area contributed by atoms with Gasteiger partial charge in [-0.15, -0.1) is 11.3 Å². The van der Waals surface area contributed by atoms with Crippen molar-refractivity contribution >= 4 is 22.9 Å². The minimum Gasteiger partial charge on any atom is -0.489 e. The van der Waals surface area contributed by atoms with Gasteiger partial charge in [-0.05, 0) is 23.1 Å². The predicted octanol–water partition coefficient (Wildman–Crippen LogP) is 4.80. The largest absolute Gasteiger partial charge is 0.489 e. The lowest BCUT2D eigenvalue weighted by Crippen LogP contribution is -2.22. The molecule has 2 heterocycles. The number of para-hydroxylation sites is 1. The summed E-state index contributed by atoms with van der Waals surface area (Å²) in [7, 11) is 0. The van der Waals surface area contributed by atoms with Crippen molar-refractivity contribution in [1.29, 1.82) is 0 Å². The molecule has 3 aromatic rings. The minimum atomic E-state index is 0.0562. The monoisotopic (exact) mass is 335 g/mol. The molecule has 2 aromatic carbocycles. The molecule has 120 valence electrons. The van der Waals surface area contributed by atoms with Crippen molar-refractivity contribution < 1.29 is 9.53 Å². The van der Waals surface area contributed by atoms with Crippen LogP contribution >= 0.6 is 11.3 Å². The van der Waals surface area contributed by atoms with E-state index in [4.69, 9.17) is 4.74 Å². The van der Waals surface area contributed by atoms with E-state index >= 15 is 0 Å². The van der Waals surface area contributed by atoms with E-state index in [1.54, 1.807) is 11.3 Å². The van der Waals surface area contributed by atoms with Crippen molar-refractivity contribution in [2.24, 2.45) is 0 Å². The number of ether oxygens (including phenoxy) is 1. The van der Waals surface area contributed by atoms with Crippen molar-refractivity contribution in [2.45, 2.75) is 18.9 Å². The van der Waals surface area contributed by atoms with Gasteiger partial charge in [0.25, 0.3) is 0 Å². The Balaban J connectivity index is 1.64. The lowest BCUT2D eigenvalue weighted by molar-refractivity contribution is -0.116. The highest BCUT2D eigenvalue weighted by Crippen LogP contribution is 2.43. The lowest BCUT2D eigenvalue weighted by atomic mass is 9.90. The van der Waals surface area contributed by atoms with Crippen LogP contribution in [0.1, 0.15) is 28.3 Å². The van der Waals surface area contributed by atoms with Gasteiger partial charge in [0.15, 0.2) is 0 Å². The second-order valence-electron chi connectivity index (χ2n) is 5.82. The number of nitrogens with one attached hydrogen (secondary N) is 1. The summed E-state index contributed by atoms with van der Waals surface area (Å²) in [6.45, 7) is 0.522. The van der Waals surface area contributed by atoms with E-state index < -0.39 is 0 Å². The summed E-state index contributed by atoms with van der Waals surface area (Å²) in [4.78, 5) is 13.3. The van der Waals surface area contributed by atoms with Crippen LogP contribution in [0.5, 0.6) is 5.75 Å². The first-order valence-corrected chi connectivity index (χ1v) is 8.82. The van der Waals surface area contributed by atoms with Gasteiger partial charge in [-0.25, -0.2) is 0 Å². The average molecular weight is 335 g/mol. The normalized spacial score (nSPS) is 16.3. The summed E-state index contributed by atoms with van der Waals surface area (Å²) < 4.78 is 6.08. The number of fused-ring (bicyclic) bond motifs is 1. The van der Waals surface area contributed by atoms with Gasteiger partial charge in [0.2, 0.25) is 5.91 Å². The fraction of sp³-hybridized carbons (Fsp3) is 0.150. The molecule has 24 heavy (non-hydrogen) atoms. The lowest BCUT2D eigenvalue weighted by Gasteiger charge is -2.24. The number of hydrogen-bond acceptors (Lipinski definition) is 3. The van der Waals surface area contributed by atoms with Crippen molar-refractivity contribution in [1.82, 2.24) is 0 Å². The smallest absolute Gasteiger partial charge is 0.225 e. The van der Waals surface area contributed by atoms with E-state index in [-0.39, 0.29) is 11.8 Å². The predicted molar refractivity (Wildman–Crippen MR) is 96.6 cm³/mol. The summed E-state index contributed by atoms with van der Waals surface area (Å²) >= 11 is 1.68. The van der Waals surface area contributed by atoms with Crippen LogP contribution in [-0.2, 0) is 11.4 Å². The number of thiophene rings is 1. The van der Waals surface area contributed by atoms with Crippen LogP contribution in [0.25, 0.3) is 0 Å². The molecule has 1 aromatic heterocycles. The first-order valence-electron chi connectivity index (χ1n) is 7.94. The Kier molecular flexibility index (Phi) is 4.05. The molecule has 0 fully saturated rings. The number of carbonyl (C=O) groups excluding carboxylic acids is 1. The fourth-order valence-electron chi connectivity index (χ4n) is 3.06. The van der Waals surface area contributed by atoms with Gasteiger partial charge in [0.1, 0.15) is 12.4 Å². The molecule has 1 N–H and O–H groups in total. The highest BCUT2D eigenvalue weighted by molar-refractivity contribution is 7.10. The molecule has 0 saturated carbocycles. The molecule has 0 unspecified atom stereocenters. The molecule has 0 aliphatic carbocycles. The topological polar surface area (TPSA) is 38.3 Å². The number of hydrogen-bond donors (Lipinski definition) is 1. The summed E-state index contributed by atoms with van der Waals surface area (Å²) in [6.07, 6.45) is 0.458. The number of benzene rings is 2. The van der Waals surface area contributed by atoms with Crippen molar-refractivity contribution in [3.8, 4) is 5.75 Å². The molecule has 1 amide bonds. The van der Waals surface area contributed by atoms with Gasteiger partial charge in [-0.3, -0.25) is 4.79 Å². The van der Waals surface area contributed by atoms with E-state index in [0.29, 0.717) is 13.0 Å². The van der Waals surface area contributed by atoms with Crippen LogP contribution in [0.4, 0.5) is 5.69 Å². The summed E-state index contributed by atoms with van der Waals surface area (Å²) in [6, 6.07) is 20.1. The van der Waals surface area contributed by atoms with Gasteiger partial charge >= 0.3 is 0 Å². The van der Waals surface area contributed by atoms with Crippen molar-refractivity contribution in [3.05, 3.63) is 82.0 Å². The van der Waals surface area contributed by atoms with Crippen LogP contribution in [-0.4, -0.2) is 5.91 Å². The quantitative estimate of drug-likeness (QED) is 0.743. The second kappa shape index (κ2) is 6.49. The number of rotatable bonds is 4. The van der Waals surface area contributed by atoms with Crippen LogP contribution in [0.15, 0.2) is 66.0 Å². The summed E-state index contributed by atoms with van der Waals surface area (Å²) in [5.41, 5.74) is 3.14. The maximum atomic E-state index is 12.1. The first kappa shape index (κ1) is 15.0. The Hall–Kier alpha value is -2.59. The van der Waals surface area contributed by atoms with Crippen LogP contribution in [0, 0.1) is 0 Å². The molecule has 0 bridgehead atoms. The van der Waals surface area contributed by atoms with Crippen molar-refractivity contribution in [3.63, 3.8) is 0 Å². The third-order valence-corrected chi connectivity index (χ3v) is 5.24. The Morgan fingerprint density at radius 1 is 1.04 bits per heavy atom. The van der Waals surface area contributed by atoms with Gasteiger partial charge in [-0.1, -0.05) is 48.5 Å². The maximum absolute atomic E-state index is 12.1. The molecule has 0 spiro atoms. The third-order valence-electron chi connectivity index (χ3n) is 4.21. The Morgan fingerprint density at radius 2 is 1.83 bits per heavy atom. The SMILES string of the molecule is O=C1C[C@@H](c2ccccc2OCc2ccccc2)c2sccc2N1. The second-order valence-corrected chi connectivity index (χ2v) is 6.76. The zero-order valence-corrected chi connectivity index (χ0v) is 13.9. The van der Waals surface area contributed by atoms with E-state index in [1.165, 1.54) is 4.88 Å². The first-order chi connectivity index (χ1) is 11.8. The van der Waals surface area contributed by atoms with Crippen LogP contribution < -0.4 is 10.1 Å². The average Bonchev–Trinajstić information content (AvgIpc) is 3.09.